The van der Waals surface area contributed by atoms with Crippen LogP contribution in [0.25, 0.3) is 10.9 Å². The minimum Gasteiger partial charge on any atom is -0.480 e. The Kier molecular flexibility index (Phi) is 10.9. The molecule has 5 atom stereocenters. The van der Waals surface area contributed by atoms with Crippen molar-refractivity contribution >= 4 is 53.1 Å². The summed E-state index contributed by atoms with van der Waals surface area (Å²) in [5.41, 5.74) is 12.2. The number of hydrogen-bond donors (Lipinski definition) is 9. The number of nitrogens with two attached hydrogens (primary N) is 2. The van der Waals surface area contributed by atoms with Gasteiger partial charge in [-0.25, -0.2) is 4.79 Å². The first-order valence-corrected chi connectivity index (χ1v) is 12.1. The molecular formula is C23H32N6O7S. The molecule has 0 fully saturated rings. The zero-order valence-electron chi connectivity index (χ0n) is 20.1. The average molecular weight is 537 g/mol. The van der Waals surface area contributed by atoms with Crippen molar-refractivity contribution in [3.05, 3.63) is 36.0 Å². The SMILES string of the molecule is CC(O)C(NC(=O)C(N)CS)C(=O)NC(CCC(N)=O)C(=O)NC(Cc1c[nH]c2ccccc12)C(=O)O. The van der Waals surface area contributed by atoms with E-state index in [1.165, 1.54) is 6.92 Å². The van der Waals surface area contributed by atoms with Crippen molar-refractivity contribution in [2.75, 3.05) is 5.75 Å². The smallest absolute Gasteiger partial charge is 0.326 e. The van der Waals surface area contributed by atoms with E-state index in [0.717, 1.165) is 10.9 Å². The molecule has 0 bridgehead atoms. The van der Waals surface area contributed by atoms with E-state index < -0.39 is 59.9 Å². The Morgan fingerprint density at radius 2 is 1.68 bits per heavy atom. The molecule has 4 amide bonds. The second-order valence-electron chi connectivity index (χ2n) is 8.55. The monoisotopic (exact) mass is 536 g/mol. The molecule has 0 spiro atoms. The Morgan fingerprint density at radius 1 is 1.03 bits per heavy atom. The quantitative estimate of drug-likeness (QED) is 0.124. The lowest BCUT2D eigenvalue weighted by atomic mass is 10.0. The molecule has 0 aliphatic carbocycles. The number of H-pyrrole nitrogens is 1. The highest BCUT2D eigenvalue weighted by atomic mass is 32.1. The highest BCUT2D eigenvalue weighted by Gasteiger charge is 2.32. The lowest BCUT2D eigenvalue weighted by molar-refractivity contribution is -0.142. The number of aliphatic hydroxyl groups excluding tert-OH is 1. The van der Waals surface area contributed by atoms with Gasteiger partial charge in [-0.05, 0) is 25.0 Å². The topological polar surface area (TPSA) is 230 Å². The minimum atomic E-state index is -1.48. The van der Waals surface area contributed by atoms with Gasteiger partial charge in [0.15, 0.2) is 0 Å². The largest absolute Gasteiger partial charge is 0.480 e. The van der Waals surface area contributed by atoms with Crippen LogP contribution < -0.4 is 27.4 Å². The predicted octanol–water partition coefficient (Wildman–Crippen LogP) is -1.85. The third kappa shape index (κ3) is 8.48. The van der Waals surface area contributed by atoms with Crippen molar-refractivity contribution in [2.45, 2.75) is 56.5 Å². The van der Waals surface area contributed by atoms with Gasteiger partial charge in [0.25, 0.3) is 0 Å². The third-order valence-electron chi connectivity index (χ3n) is 5.62. The van der Waals surface area contributed by atoms with Crippen LogP contribution in [0.2, 0.25) is 0 Å². The second kappa shape index (κ2) is 13.6. The maximum absolute atomic E-state index is 13.0. The number of para-hydroxylation sites is 1. The summed E-state index contributed by atoms with van der Waals surface area (Å²) >= 11 is 3.91. The fourth-order valence-corrected chi connectivity index (χ4v) is 3.72. The molecule has 1 aromatic carbocycles. The number of carboxylic acid groups (broad SMARTS) is 1. The van der Waals surface area contributed by atoms with Gasteiger partial charge in [0.2, 0.25) is 23.6 Å². The number of aromatic nitrogens is 1. The zero-order chi connectivity index (χ0) is 27.7. The Bertz CT molecular complexity index is 1140. The van der Waals surface area contributed by atoms with E-state index in [-0.39, 0.29) is 25.0 Å². The molecule has 0 aliphatic heterocycles. The molecule has 13 nitrogen and oxygen atoms in total. The van der Waals surface area contributed by atoms with E-state index in [1.807, 2.05) is 18.2 Å². The van der Waals surface area contributed by atoms with Crippen molar-refractivity contribution in [3.8, 4) is 0 Å². The number of thiol groups is 1. The third-order valence-corrected chi connectivity index (χ3v) is 6.02. The van der Waals surface area contributed by atoms with Crippen molar-refractivity contribution in [2.24, 2.45) is 11.5 Å². The van der Waals surface area contributed by atoms with Crippen LogP contribution in [0, 0.1) is 0 Å². The molecule has 0 saturated carbocycles. The number of fused-ring (bicyclic) bond motifs is 1. The first kappa shape index (κ1) is 29.6. The first-order valence-electron chi connectivity index (χ1n) is 11.5. The number of carbonyl (C=O) groups is 5. The van der Waals surface area contributed by atoms with E-state index in [1.54, 1.807) is 12.3 Å². The molecule has 2 rings (SSSR count). The van der Waals surface area contributed by atoms with Gasteiger partial charge in [0.1, 0.15) is 18.1 Å². The number of benzene rings is 1. The maximum atomic E-state index is 13.0. The van der Waals surface area contributed by atoms with Gasteiger partial charge in [0, 0.05) is 35.7 Å². The van der Waals surface area contributed by atoms with Crippen LogP contribution in [0.1, 0.15) is 25.3 Å². The van der Waals surface area contributed by atoms with Crippen molar-refractivity contribution in [3.63, 3.8) is 0 Å². The molecule has 0 radical (unpaired) electrons. The predicted molar refractivity (Wildman–Crippen MR) is 137 cm³/mol. The van der Waals surface area contributed by atoms with Crippen molar-refractivity contribution < 1.29 is 34.2 Å². The number of aliphatic carboxylic acids is 1. The number of aliphatic hydroxyl groups is 1. The summed E-state index contributed by atoms with van der Waals surface area (Å²) in [6.45, 7) is 1.25. The van der Waals surface area contributed by atoms with E-state index in [2.05, 4.69) is 33.6 Å². The molecule has 37 heavy (non-hydrogen) atoms. The average Bonchev–Trinajstić information content (AvgIpc) is 3.26. The van der Waals surface area contributed by atoms with Crippen LogP contribution in [0.4, 0.5) is 0 Å². The first-order chi connectivity index (χ1) is 17.4. The van der Waals surface area contributed by atoms with Crippen LogP contribution in [-0.2, 0) is 30.4 Å². The summed E-state index contributed by atoms with van der Waals surface area (Å²) < 4.78 is 0. The Balaban J connectivity index is 2.19. The number of hydrogen-bond acceptors (Lipinski definition) is 8. The van der Waals surface area contributed by atoms with Crippen LogP contribution in [0.15, 0.2) is 30.5 Å². The summed E-state index contributed by atoms with van der Waals surface area (Å²) in [5, 5.41) is 27.6. The molecule has 2 aromatic rings. The number of carboxylic acids is 1. The number of carbonyl (C=O) groups excluding carboxylic acids is 4. The molecule has 14 heteroatoms. The number of nitrogens with one attached hydrogen (secondary N) is 4. The van der Waals surface area contributed by atoms with Crippen molar-refractivity contribution in [1.29, 1.82) is 0 Å². The summed E-state index contributed by atoms with van der Waals surface area (Å²) in [6.07, 6.45) is -0.331. The van der Waals surface area contributed by atoms with Gasteiger partial charge in [-0.15, -0.1) is 0 Å². The molecule has 202 valence electrons. The molecule has 1 aromatic heterocycles. The minimum absolute atomic E-state index is 0.0172. The lowest BCUT2D eigenvalue weighted by Gasteiger charge is -2.26. The zero-order valence-corrected chi connectivity index (χ0v) is 21.0. The molecular weight excluding hydrogens is 504 g/mol. The maximum Gasteiger partial charge on any atom is 0.326 e. The molecule has 0 aliphatic rings. The summed E-state index contributed by atoms with van der Waals surface area (Å²) in [5.74, 6) is -4.66. The normalized spacial score (nSPS) is 15.1. The van der Waals surface area contributed by atoms with Gasteiger partial charge >= 0.3 is 5.97 Å². The molecule has 5 unspecified atom stereocenters. The number of primary amides is 1. The summed E-state index contributed by atoms with van der Waals surface area (Å²) in [4.78, 5) is 64.3. The van der Waals surface area contributed by atoms with Crippen LogP contribution in [-0.4, -0.2) is 80.8 Å². The Morgan fingerprint density at radius 3 is 2.27 bits per heavy atom. The van der Waals surface area contributed by atoms with E-state index in [9.17, 15) is 34.2 Å². The van der Waals surface area contributed by atoms with Gasteiger partial charge in [-0.3, -0.25) is 19.2 Å². The van der Waals surface area contributed by atoms with E-state index in [4.69, 9.17) is 11.5 Å². The number of rotatable bonds is 14. The highest BCUT2D eigenvalue weighted by molar-refractivity contribution is 7.80. The molecule has 10 N–H and O–H groups in total. The van der Waals surface area contributed by atoms with E-state index in [0.29, 0.717) is 5.56 Å². The fourth-order valence-electron chi connectivity index (χ4n) is 3.56. The number of aromatic amines is 1. The fraction of sp³-hybridized carbons (Fsp3) is 0.435. The van der Waals surface area contributed by atoms with Gasteiger partial charge in [0.05, 0.1) is 12.1 Å². The second-order valence-corrected chi connectivity index (χ2v) is 8.91. The van der Waals surface area contributed by atoms with Crippen LogP contribution in [0.3, 0.4) is 0 Å². The van der Waals surface area contributed by atoms with E-state index >= 15 is 0 Å². The van der Waals surface area contributed by atoms with Gasteiger partial charge in [-0.1, -0.05) is 18.2 Å². The van der Waals surface area contributed by atoms with Gasteiger partial charge in [-0.2, -0.15) is 12.6 Å². The van der Waals surface area contributed by atoms with Gasteiger partial charge < -0.3 is 42.6 Å². The summed E-state index contributed by atoms with van der Waals surface area (Å²) in [6, 6.07) is 1.97. The standard InChI is InChI=1S/C23H32N6O7S/c1-11(30)19(29-20(32)14(24)10-37)22(34)27-16(6-7-18(25)31)21(33)28-17(23(35)36)8-12-9-26-15-5-3-2-4-13(12)15/h2-5,9,11,14,16-17,19,26,30,37H,6-8,10,24H2,1H3,(H2,25,31)(H,27,34)(H,28,33)(H,29,32)(H,35,36). The Hall–Kier alpha value is -3.62. The number of amides is 4. The van der Waals surface area contributed by atoms with Crippen LogP contribution in [0.5, 0.6) is 0 Å². The molecule has 1 heterocycles. The summed E-state index contributed by atoms with van der Waals surface area (Å²) in [7, 11) is 0. The van der Waals surface area contributed by atoms with Crippen molar-refractivity contribution in [1.82, 2.24) is 20.9 Å². The van der Waals surface area contributed by atoms with Crippen LogP contribution >= 0.6 is 12.6 Å². The Labute approximate surface area is 218 Å². The lowest BCUT2D eigenvalue weighted by Crippen LogP contribution is -2.60. The molecule has 0 saturated heterocycles. The highest BCUT2D eigenvalue weighted by Crippen LogP contribution is 2.19.